The molecule has 0 aromatic rings. The molecule has 104 valence electrons. The van der Waals surface area contributed by atoms with Crippen LogP contribution in [0.2, 0.25) is 0 Å². The van der Waals surface area contributed by atoms with Crippen molar-refractivity contribution in [3.63, 3.8) is 0 Å². The van der Waals surface area contributed by atoms with Crippen molar-refractivity contribution in [2.45, 2.75) is 37.7 Å². The number of thioether (sulfide) groups is 1. The number of hydrogen-bond donors (Lipinski definition) is 2. The summed E-state index contributed by atoms with van der Waals surface area (Å²) in [6, 6.07) is 0. The average Bonchev–Trinajstić information content (AvgIpc) is 2.35. The van der Waals surface area contributed by atoms with Gasteiger partial charge < -0.3 is 14.9 Å². The van der Waals surface area contributed by atoms with Crippen molar-refractivity contribution >= 4 is 23.7 Å². The van der Waals surface area contributed by atoms with Crippen LogP contribution in [-0.2, 0) is 14.3 Å². The Bertz CT molecular complexity index is 297. The molecule has 0 radical (unpaired) electrons. The summed E-state index contributed by atoms with van der Waals surface area (Å²) in [7, 11) is 1.35. The first-order valence-corrected chi connectivity index (χ1v) is 7.22. The molecule has 1 saturated carbocycles. The van der Waals surface area contributed by atoms with E-state index < -0.39 is 11.6 Å². The Balaban J connectivity index is 2.22. The van der Waals surface area contributed by atoms with Crippen LogP contribution >= 0.6 is 11.8 Å². The predicted octanol–water partition coefficient (Wildman–Crippen LogP) is 1.29. The highest BCUT2D eigenvalue weighted by atomic mass is 32.2. The number of ether oxygens (including phenoxy) is 1. The Hall–Kier alpha value is -0.750. The van der Waals surface area contributed by atoms with Crippen molar-refractivity contribution in [2.24, 2.45) is 5.92 Å². The van der Waals surface area contributed by atoms with Crippen LogP contribution in [0.3, 0.4) is 0 Å². The number of carboxylic acid groups (broad SMARTS) is 1. The summed E-state index contributed by atoms with van der Waals surface area (Å²) in [5.41, 5.74) is -0.771. The van der Waals surface area contributed by atoms with E-state index in [1.54, 1.807) is 0 Å². The van der Waals surface area contributed by atoms with Crippen LogP contribution in [0.15, 0.2) is 0 Å². The van der Waals surface area contributed by atoms with E-state index in [0.717, 1.165) is 0 Å². The average molecular weight is 276 g/mol. The molecule has 1 rings (SSSR count). The summed E-state index contributed by atoms with van der Waals surface area (Å²) in [5, 5.41) is 19.1. The highest BCUT2D eigenvalue weighted by Gasteiger charge is 2.35. The third-order valence-corrected chi connectivity index (χ3v) is 4.55. The van der Waals surface area contributed by atoms with Gasteiger partial charge in [-0.2, -0.15) is 11.8 Å². The summed E-state index contributed by atoms with van der Waals surface area (Å²) in [5.74, 6) is -0.155. The maximum atomic E-state index is 10.9. The summed E-state index contributed by atoms with van der Waals surface area (Å²) < 4.78 is 4.53. The van der Waals surface area contributed by atoms with Gasteiger partial charge in [-0.25, -0.2) is 0 Å². The number of methoxy groups -OCH3 is 1. The number of carboxylic acids is 1. The number of esters is 1. The molecule has 0 aromatic heterocycles. The number of carbonyl (C=O) groups excluding carboxylic acids is 1. The van der Waals surface area contributed by atoms with Crippen molar-refractivity contribution in [3.05, 3.63) is 0 Å². The zero-order chi connectivity index (χ0) is 13.6. The Morgan fingerprint density at radius 1 is 1.39 bits per heavy atom. The van der Waals surface area contributed by atoms with Crippen molar-refractivity contribution in [2.75, 3.05) is 18.6 Å². The fourth-order valence-electron chi connectivity index (χ4n) is 2.07. The van der Waals surface area contributed by atoms with Gasteiger partial charge in [-0.3, -0.25) is 9.59 Å². The number of hydrogen-bond acceptors (Lipinski definition) is 5. The van der Waals surface area contributed by atoms with Crippen molar-refractivity contribution in [1.82, 2.24) is 0 Å². The molecule has 0 saturated heterocycles. The summed E-state index contributed by atoms with van der Waals surface area (Å²) in [6.45, 7) is 0. The zero-order valence-electron chi connectivity index (χ0n) is 10.6. The van der Waals surface area contributed by atoms with Crippen LogP contribution in [0.5, 0.6) is 0 Å². The SMILES string of the molecule is COC(=O)CCSCC1(O)CCC(C(=O)O)CC1. The van der Waals surface area contributed by atoms with Gasteiger partial charge in [0.25, 0.3) is 0 Å². The van der Waals surface area contributed by atoms with E-state index in [9.17, 15) is 14.7 Å². The van der Waals surface area contributed by atoms with Gasteiger partial charge in [0.15, 0.2) is 0 Å². The molecule has 1 fully saturated rings. The van der Waals surface area contributed by atoms with Gasteiger partial charge in [0, 0.05) is 11.5 Å². The zero-order valence-corrected chi connectivity index (χ0v) is 11.4. The monoisotopic (exact) mass is 276 g/mol. The quantitative estimate of drug-likeness (QED) is 0.562. The second-order valence-corrected chi connectivity index (χ2v) is 5.82. The van der Waals surface area contributed by atoms with Crippen molar-refractivity contribution < 1.29 is 24.5 Å². The van der Waals surface area contributed by atoms with Gasteiger partial charge in [-0.15, -0.1) is 0 Å². The normalized spacial score (nSPS) is 27.8. The van der Waals surface area contributed by atoms with Crippen LogP contribution in [0, 0.1) is 5.92 Å². The maximum absolute atomic E-state index is 10.9. The van der Waals surface area contributed by atoms with Gasteiger partial charge >= 0.3 is 11.9 Å². The lowest BCUT2D eigenvalue weighted by Gasteiger charge is -2.34. The molecule has 0 unspecified atom stereocenters. The molecule has 0 heterocycles. The van der Waals surface area contributed by atoms with Crippen molar-refractivity contribution in [1.29, 1.82) is 0 Å². The van der Waals surface area contributed by atoms with Gasteiger partial charge in [0.1, 0.15) is 0 Å². The minimum Gasteiger partial charge on any atom is -0.481 e. The van der Waals surface area contributed by atoms with Crippen LogP contribution in [-0.4, -0.2) is 46.4 Å². The molecule has 6 heteroatoms. The van der Waals surface area contributed by atoms with E-state index in [-0.39, 0.29) is 11.9 Å². The predicted molar refractivity (Wildman–Crippen MR) is 68.5 cm³/mol. The highest BCUT2D eigenvalue weighted by Crippen LogP contribution is 2.34. The minimum atomic E-state index is -0.771. The first-order chi connectivity index (χ1) is 8.47. The third kappa shape index (κ3) is 4.86. The molecule has 0 bridgehead atoms. The fourth-order valence-corrected chi connectivity index (χ4v) is 3.19. The standard InChI is InChI=1S/C12H20O5S/c1-17-10(13)4-7-18-8-12(16)5-2-9(3-6-12)11(14)15/h9,16H,2-8H2,1H3,(H,14,15). The van der Waals surface area contributed by atoms with E-state index in [1.165, 1.54) is 18.9 Å². The Morgan fingerprint density at radius 3 is 2.50 bits per heavy atom. The molecule has 2 N–H and O–H groups in total. The first kappa shape index (κ1) is 15.3. The largest absolute Gasteiger partial charge is 0.481 e. The fraction of sp³-hybridized carbons (Fsp3) is 0.833. The number of carbonyl (C=O) groups is 2. The van der Waals surface area contributed by atoms with E-state index in [0.29, 0.717) is 43.6 Å². The Morgan fingerprint density at radius 2 is 2.00 bits per heavy atom. The van der Waals surface area contributed by atoms with Gasteiger partial charge in [-0.1, -0.05) is 0 Å². The highest BCUT2D eigenvalue weighted by molar-refractivity contribution is 7.99. The third-order valence-electron chi connectivity index (χ3n) is 3.31. The van der Waals surface area contributed by atoms with Crippen LogP contribution in [0.1, 0.15) is 32.1 Å². The van der Waals surface area contributed by atoms with Gasteiger partial charge in [0.2, 0.25) is 0 Å². The molecular formula is C12H20O5S. The van der Waals surface area contributed by atoms with Crippen molar-refractivity contribution in [3.8, 4) is 0 Å². The van der Waals surface area contributed by atoms with Gasteiger partial charge in [0.05, 0.1) is 25.0 Å². The van der Waals surface area contributed by atoms with E-state index in [4.69, 9.17) is 5.11 Å². The molecule has 0 atom stereocenters. The molecule has 0 aliphatic heterocycles. The number of aliphatic carboxylic acids is 1. The minimum absolute atomic E-state index is 0.246. The number of aliphatic hydroxyl groups is 1. The van der Waals surface area contributed by atoms with Crippen LogP contribution in [0.25, 0.3) is 0 Å². The summed E-state index contributed by atoms with van der Waals surface area (Å²) in [4.78, 5) is 21.7. The molecule has 5 nitrogen and oxygen atoms in total. The van der Waals surface area contributed by atoms with Crippen LogP contribution < -0.4 is 0 Å². The molecule has 1 aliphatic carbocycles. The lowest BCUT2D eigenvalue weighted by atomic mass is 9.80. The second-order valence-electron chi connectivity index (χ2n) is 4.72. The lowest BCUT2D eigenvalue weighted by Crippen LogP contribution is -2.38. The lowest BCUT2D eigenvalue weighted by molar-refractivity contribution is -0.144. The molecule has 0 aromatic carbocycles. The second kappa shape index (κ2) is 6.99. The molecule has 18 heavy (non-hydrogen) atoms. The maximum Gasteiger partial charge on any atom is 0.306 e. The molecule has 0 amide bonds. The van der Waals surface area contributed by atoms with Gasteiger partial charge in [-0.05, 0) is 25.7 Å². The topological polar surface area (TPSA) is 83.8 Å². The summed E-state index contributed by atoms with van der Waals surface area (Å²) >= 11 is 1.51. The van der Waals surface area contributed by atoms with E-state index in [2.05, 4.69) is 4.74 Å². The molecule has 0 spiro atoms. The number of rotatable bonds is 6. The smallest absolute Gasteiger partial charge is 0.306 e. The van der Waals surface area contributed by atoms with E-state index >= 15 is 0 Å². The first-order valence-electron chi connectivity index (χ1n) is 6.06. The Labute approximate surface area is 111 Å². The summed E-state index contributed by atoms with van der Waals surface area (Å²) in [6.07, 6.45) is 2.45. The Kier molecular flexibility index (Phi) is 5.95. The van der Waals surface area contributed by atoms with Crippen LogP contribution in [0.4, 0.5) is 0 Å². The molecule has 1 aliphatic rings. The van der Waals surface area contributed by atoms with E-state index in [1.807, 2.05) is 0 Å². The molecular weight excluding hydrogens is 256 g/mol.